The number of nitrogens with one attached hydrogen (secondary N) is 3. The van der Waals surface area contributed by atoms with Gasteiger partial charge in [0.1, 0.15) is 17.2 Å². The van der Waals surface area contributed by atoms with E-state index in [9.17, 15) is 9.59 Å². The molecule has 158 valence electrons. The van der Waals surface area contributed by atoms with Gasteiger partial charge in [0, 0.05) is 18.1 Å². The monoisotopic (exact) mass is 419 g/mol. The Kier molecular flexibility index (Phi) is 7.15. The highest BCUT2D eigenvalue weighted by atomic mass is 16.3. The van der Waals surface area contributed by atoms with Crippen molar-refractivity contribution >= 4 is 36.4 Å². The number of H-pyrrole nitrogens is 1. The van der Waals surface area contributed by atoms with Crippen molar-refractivity contribution in [2.45, 2.75) is 13.8 Å². The van der Waals surface area contributed by atoms with E-state index in [4.69, 9.17) is 8.83 Å². The second-order valence-corrected chi connectivity index (χ2v) is 6.31. The third-order valence-corrected chi connectivity index (χ3v) is 4.15. The predicted octanol–water partition coefficient (Wildman–Crippen LogP) is 3.68. The fourth-order valence-electron chi connectivity index (χ4n) is 2.76. The Labute approximate surface area is 178 Å². The van der Waals surface area contributed by atoms with E-state index in [1.54, 1.807) is 74.9 Å². The Balaban J connectivity index is 1.57. The summed E-state index contributed by atoms with van der Waals surface area (Å²) in [7, 11) is 0. The first-order valence-corrected chi connectivity index (χ1v) is 9.32. The lowest BCUT2D eigenvalue weighted by Gasteiger charge is -2.01. The Morgan fingerprint density at radius 1 is 0.903 bits per heavy atom. The zero-order valence-electron chi connectivity index (χ0n) is 17.0. The molecule has 0 saturated heterocycles. The Morgan fingerprint density at radius 3 is 1.97 bits per heavy atom. The van der Waals surface area contributed by atoms with E-state index in [2.05, 4.69) is 26.0 Å². The van der Waals surface area contributed by atoms with Gasteiger partial charge in [-0.3, -0.25) is 9.59 Å². The molecule has 0 atom stereocenters. The second-order valence-electron chi connectivity index (χ2n) is 6.31. The molecule has 0 radical (unpaired) electrons. The average Bonchev–Trinajstić information content (AvgIpc) is 3.50. The molecule has 0 fully saturated rings. The van der Waals surface area contributed by atoms with Gasteiger partial charge in [0.25, 0.3) is 11.8 Å². The van der Waals surface area contributed by atoms with E-state index in [0.717, 1.165) is 0 Å². The highest BCUT2D eigenvalue weighted by molar-refractivity contribution is 6.02. The lowest BCUT2D eigenvalue weighted by atomic mass is 10.1. The predicted molar refractivity (Wildman–Crippen MR) is 118 cm³/mol. The van der Waals surface area contributed by atoms with Gasteiger partial charge in [-0.05, 0) is 68.0 Å². The third-order valence-electron chi connectivity index (χ3n) is 4.15. The summed E-state index contributed by atoms with van der Waals surface area (Å²) < 4.78 is 10.3. The van der Waals surface area contributed by atoms with Crippen LogP contribution in [0.15, 0.2) is 68.0 Å². The number of aromatic amines is 1. The Hall–Kier alpha value is -4.40. The number of aryl methyl sites for hydroxylation is 1. The summed E-state index contributed by atoms with van der Waals surface area (Å²) in [5.41, 5.74) is 6.48. The van der Waals surface area contributed by atoms with Crippen molar-refractivity contribution in [2.24, 2.45) is 10.2 Å². The van der Waals surface area contributed by atoms with Crippen molar-refractivity contribution in [3.05, 3.63) is 83.0 Å². The number of nitrogens with zero attached hydrogens (tertiary/aromatic N) is 2. The molecule has 0 aromatic carbocycles. The van der Waals surface area contributed by atoms with Crippen LogP contribution in [0.2, 0.25) is 0 Å². The van der Waals surface area contributed by atoms with Crippen molar-refractivity contribution in [2.75, 3.05) is 0 Å². The van der Waals surface area contributed by atoms with Crippen molar-refractivity contribution in [1.82, 2.24) is 15.8 Å². The number of hydrazone groups is 2. The molecule has 0 bridgehead atoms. The zero-order chi connectivity index (χ0) is 22.1. The maximum atomic E-state index is 12.5. The fourth-order valence-corrected chi connectivity index (χ4v) is 2.76. The quantitative estimate of drug-likeness (QED) is 0.380. The molecule has 3 aromatic heterocycles. The summed E-state index contributed by atoms with van der Waals surface area (Å²) in [5.74, 6) is 0.443. The molecule has 3 rings (SSSR count). The number of carbonyl (C=O) groups is 2. The lowest BCUT2D eigenvalue weighted by Crippen LogP contribution is -2.20. The summed E-state index contributed by atoms with van der Waals surface area (Å²) in [6, 6.07) is 7.12. The number of hydrogen-bond acceptors (Lipinski definition) is 6. The first-order chi connectivity index (χ1) is 15.1. The molecule has 9 nitrogen and oxygen atoms in total. The van der Waals surface area contributed by atoms with Crippen LogP contribution in [0, 0.1) is 13.8 Å². The molecule has 2 amide bonds. The maximum Gasteiger partial charge on any atom is 0.288 e. The summed E-state index contributed by atoms with van der Waals surface area (Å²) >= 11 is 0. The summed E-state index contributed by atoms with van der Waals surface area (Å²) in [6.07, 6.45) is 12.6. The highest BCUT2D eigenvalue weighted by Crippen LogP contribution is 2.17. The summed E-state index contributed by atoms with van der Waals surface area (Å²) in [6.45, 7) is 3.38. The van der Waals surface area contributed by atoms with Crippen molar-refractivity contribution in [1.29, 1.82) is 0 Å². The molecular formula is C22H21N5O4. The number of amides is 2. The molecule has 31 heavy (non-hydrogen) atoms. The average molecular weight is 419 g/mol. The van der Waals surface area contributed by atoms with E-state index in [1.807, 2.05) is 0 Å². The van der Waals surface area contributed by atoms with Gasteiger partial charge < -0.3 is 13.8 Å². The summed E-state index contributed by atoms with van der Waals surface area (Å²) in [4.78, 5) is 27.8. The van der Waals surface area contributed by atoms with E-state index >= 15 is 0 Å². The fraction of sp³-hybridized carbons (Fsp3) is 0.0909. The van der Waals surface area contributed by atoms with Crippen molar-refractivity contribution in [3.63, 3.8) is 0 Å². The minimum absolute atomic E-state index is 0.247. The molecule has 0 aliphatic carbocycles. The zero-order valence-corrected chi connectivity index (χ0v) is 17.0. The smallest absolute Gasteiger partial charge is 0.288 e. The van der Waals surface area contributed by atoms with Crippen LogP contribution < -0.4 is 10.9 Å². The normalized spacial score (nSPS) is 11.9. The largest absolute Gasteiger partial charge is 0.465 e. The van der Waals surface area contributed by atoms with Gasteiger partial charge in [-0.15, -0.1) is 0 Å². The third kappa shape index (κ3) is 5.80. The first-order valence-electron chi connectivity index (χ1n) is 9.32. The van der Waals surface area contributed by atoms with Gasteiger partial charge in [-0.2, -0.15) is 10.2 Å². The van der Waals surface area contributed by atoms with E-state index < -0.39 is 11.8 Å². The number of aromatic nitrogens is 1. The van der Waals surface area contributed by atoms with Gasteiger partial charge >= 0.3 is 0 Å². The van der Waals surface area contributed by atoms with Crippen molar-refractivity contribution < 1.29 is 18.4 Å². The van der Waals surface area contributed by atoms with E-state index in [0.29, 0.717) is 28.3 Å². The maximum absolute atomic E-state index is 12.5. The first kappa shape index (κ1) is 21.3. The summed E-state index contributed by atoms with van der Waals surface area (Å²) in [5, 5.41) is 7.72. The molecule has 0 unspecified atom stereocenters. The van der Waals surface area contributed by atoms with Crippen LogP contribution in [-0.4, -0.2) is 29.2 Å². The minimum Gasteiger partial charge on any atom is -0.465 e. The molecule has 0 spiro atoms. The standard InChI is InChI=1S/C22H21N5O4/c1-15-19(21(28)26-23-11-3-7-17-9-5-13-30-17)16(2)25-20(15)22(29)27-24-12-4-8-18-10-6-14-31-18/h3-14,25H,1-2H3,(H,26,28)(H,27,29)/b7-3+,8-4+,23-11-,24-12-. The van der Waals surface area contributed by atoms with Gasteiger partial charge in [0.05, 0.1) is 18.1 Å². The van der Waals surface area contributed by atoms with Crippen LogP contribution in [0.4, 0.5) is 0 Å². The van der Waals surface area contributed by atoms with Crippen LogP contribution in [0.3, 0.4) is 0 Å². The van der Waals surface area contributed by atoms with Crippen LogP contribution in [-0.2, 0) is 0 Å². The molecule has 0 saturated carbocycles. The van der Waals surface area contributed by atoms with Crippen LogP contribution >= 0.6 is 0 Å². The Morgan fingerprint density at radius 2 is 1.45 bits per heavy atom. The molecule has 3 aromatic rings. The van der Waals surface area contributed by atoms with Crippen molar-refractivity contribution in [3.8, 4) is 0 Å². The second kappa shape index (κ2) is 10.4. The SMILES string of the molecule is Cc1[nH]c(C(=O)N/N=C\C=C\c2ccco2)c(C)c1C(=O)N/N=C\C=C\c1ccco1. The minimum atomic E-state index is -0.466. The molecule has 3 heterocycles. The van der Waals surface area contributed by atoms with E-state index in [-0.39, 0.29) is 5.69 Å². The lowest BCUT2D eigenvalue weighted by molar-refractivity contribution is 0.0948. The number of rotatable bonds is 8. The van der Waals surface area contributed by atoms with Crippen LogP contribution in [0.1, 0.15) is 43.6 Å². The van der Waals surface area contributed by atoms with Gasteiger partial charge in [0.2, 0.25) is 0 Å². The number of allylic oxidation sites excluding steroid dienone is 2. The molecule has 0 aliphatic rings. The number of carbonyl (C=O) groups excluding carboxylic acids is 2. The van der Waals surface area contributed by atoms with Gasteiger partial charge in [-0.25, -0.2) is 10.9 Å². The topological polar surface area (TPSA) is 125 Å². The van der Waals surface area contributed by atoms with Gasteiger partial charge in [-0.1, -0.05) is 0 Å². The van der Waals surface area contributed by atoms with Gasteiger partial charge in [0.15, 0.2) is 0 Å². The molecule has 0 aliphatic heterocycles. The molecular weight excluding hydrogens is 398 g/mol. The molecule has 9 heteroatoms. The number of furan rings is 2. The van der Waals surface area contributed by atoms with Crippen LogP contribution in [0.5, 0.6) is 0 Å². The van der Waals surface area contributed by atoms with Crippen LogP contribution in [0.25, 0.3) is 12.2 Å². The molecule has 3 N–H and O–H groups in total. The highest BCUT2D eigenvalue weighted by Gasteiger charge is 2.21. The van der Waals surface area contributed by atoms with E-state index in [1.165, 1.54) is 12.4 Å². The Bertz CT molecular complexity index is 1130. The number of hydrogen-bond donors (Lipinski definition) is 3.